The molecule has 0 saturated carbocycles. The maximum Gasteiger partial charge on any atom is 0.340 e. The second-order valence-corrected chi connectivity index (χ2v) is 5.09. The van der Waals surface area contributed by atoms with Crippen LogP contribution >= 0.6 is 15.9 Å². The molecule has 0 spiro atoms. The Morgan fingerprint density at radius 2 is 2.10 bits per heavy atom. The van der Waals surface area contributed by atoms with Gasteiger partial charge in [0.1, 0.15) is 18.2 Å². The zero-order valence-corrected chi connectivity index (χ0v) is 12.8. The molecule has 2 N–H and O–H groups in total. The third kappa shape index (κ3) is 3.52. The number of nitrogen functional groups attached to an aromatic ring is 1. The molecule has 2 rings (SSSR count). The van der Waals surface area contributed by atoms with Crippen LogP contribution in [0.1, 0.15) is 15.9 Å². The largest absolute Gasteiger partial charge is 0.488 e. The average Bonchev–Trinajstić information content (AvgIpc) is 2.45. The number of halogens is 2. The monoisotopic (exact) mass is 353 g/mol. The summed E-state index contributed by atoms with van der Waals surface area (Å²) in [6.07, 6.45) is 0. The van der Waals surface area contributed by atoms with E-state index in [4.69, 9.17) is 15.2 Å². The Labute approximate surface area is 129 Å². The fraction of sp³-hybridized carbons (Fsp3) is 0.133. The van der Waals surface area contributed by atoms with Crippen molar-refractivity contribution in [3.63, 3.8) is 0 Å². The lowest BCUT2D eigenvalue weighted by Crippen LogP contribution is -2.11. The predicted molar refractivity (Wildman–Crippen MR) is 80.6 cm³/mol. The molecule has 2 aromatic carbocycles. The maximum atomic E-state index is 13.0. The topological polar surface area (TPSA) is 61.5 Å². The van der Waals surface area contributed by atoms with E-state index in [2.05, 4.69) is 15.9 Å². The van der Waals surface area contributed by atoms with Gasteiger partial charge in [-0.05, 0) is 40.2 Å². The Morgan fingerprint density at radius 3 is 2.76 bits per heavy atom. The van der Waals surface area contributed by atoms with Gasteiger partial charge >= 0.3 is 5.97 Å². The van der Waals surface area contributed by atoms with E-state index in [1.807, 2.05) is 0 Å². The van der Waals surface area contributed by atoms with Crippen LogP contribution in [0.3, 0.4) is 0 Å². The number of hydrogen-bond acceptors (Lipinski definition) is 4. The standard InChI is InChI=1S/C15H13BrFNO3/c1-20-15(19)14-9(3-2-4-12(14)18)8-21-13-6-5-10(17)7-11(13)16/h2-7H,8,18H2,1H3. The minimum atomic E-state index is -0.523. The lowest BCUT2D eigenvalue weighted by molar-refractivity contribution is 0.0599. The summed E-state index contributed by atoms with van der Waals surface area (Å²) in [5, 5.41) is 0. The molecular formula is C15H13BrFNO3. The van der Waals surface area contributed by atoms with Crippen molar-refractivity contribution in [1.29, 1.82) is 0 Å². The van der Waals surface area contributed by atoms with E-state index in [0.717, 1.165) is 0 Å². The number of ether oxygens (including phenoxy) is 2. The molecule has 110 valence electrons. The van der Waals surface area contributed by atoms with E-state index < -0.39 is 5.97 Å². The van der Waals surface area contributed by atoms with Gasteiger partial charge in [0.25, 0.3) is 0 Å². The van der Waals surface area contributed by atoms with Crippen LogP contribution in [0.4, 0.5) is 10.1 Å². The summed E-state index contributed by atoms with van der Waals surface area (Å²) in [6, 6.07) is 9.16. The summed E-state index contributed by atoms with van der Waals surface area (Å²) in [4.78, 5) is 11.8. The summed E-state index contributed by atoms with van der Waals surface area (Å²) in [7, 11) is 1.29. The van der Waals surface area contributed by atoms with Gasteiger partial charge in [0.2, 0.25) is 0 Å². The van der Waals surface area contributed by atoms with Gasteiger partial charge in [-0.2, -0.15) is 0 Å². The summed E-state index contributed by atoms with van der Waals surface area (Å²) < 4.78 is 23.8. The molecule has 0 aliphatic rings. The fourth-order valence-electron chi connectivity index (χ4n) is 1.84. The van der Waals surface area contributed by atoms with Gasteiger partial charge in [0, 0.05) is 11.3 Å². The Kier molecular flexibility index (Phi) is 4.80. The number of benzene rings is 2. The summed E-state index contributed by atoms with van der Waals surface area (Å²) >= 11 is 3.21. The molecule has 4 nitrogen and oxygen atoms in total. The number of carbonyl (C=O) groups excluding carboxylic acids is 1. The minimum Gasteiger partial charge on any atom is -0.488 e. The molecule has 0 fully saturated rings. The molecule has 0 amide bonds. The number of hydrogen-bond donors (Lipinski definition) is 1. The van der Waals surface area contributed by atoms with Crippen LogP contribution < -0.4 is 10.5 Å². The van der Waals surface area contributed by atoms with Crippen molar-refractivity contribution in [3.05, 3.63) is 57.8 Å². The highest BCUT2D eigenvalue weighted by molar-refractivity contribution is 9.10. The van der Waals surface area contributed by atoms with Crippen LogP contribution in [0.25, 0.3) is 0 Å². The van der Waals surface area contributed by atoms with Crippen LogP contribution in [0.5, 0.6) is 5.75 Å². The van der Waals surface area contributed by atoms with Crippen molar-refractivity contribution in [1.82, 2.24) is 0 Å². The first-order valence-corrected chi connectivity index (χ1v) is 6.85. The second-order valence-electron chi connectivity index (χ2n) is 4.24. The second kappa shape index (κ2) is 6.58. The van der Waals surface area contributed by atoms with Crippen molar-refractivity contribution >= 4 is 27.6 Å². The van der Waals surface area contributed by atoms with Crippen LogP contribution in [-0.4, -0.2) is 13.1 Å². The van der Waals surface area contributed by atoms with Crippen molar-refractivity contribution in [2.24, 2.45) is 0 Å². The van der Waals surface area contributed by atoms with Gasteiger partial charge in [-0.15, -0.1) is 0 Å². The Balaban J connectivity index is 2.24. The van der Waals surface area contributed by atoms with Gasteiger partial charge in [-0.3, -0.25) is 0 Å². The smallest absolute Gasteiger partial charge is 0.340 e. The zero-order chi connectivity index (χ0) is 15.4. The van der Waals surface area contributed by atoms with E-state index in [-0.39, 0.29) is 18.0 Å². The molecule has 0 heterocycles. The van der Waals surface area contributed by atoms with Crippen LogP contribution in [0.15, 0.2) is 40.9 Å². The Hall–Kier alpha value is -2.08. The van der Waals surface area contributed by atoms with E-state index in [1.165, 1.54) is 25.3 Å². The summed E-state index contributed by atoms with van der Waals surface area (Å²) in [5.74, 6) is -0.423. The summed E-state index contributed by atoms with van der Waals surface area (Å²) in [5.41, 5.74) is 6.99. The summed E-state index contributed by atoms with van der Waals surface area (Å²) in [6.45, 7) is 0.111. The number of carbonyl (C=O) groups is 1. The molecule has 0 bridgehead atoms. The van der Waals surface area contributed by atoms with Crippen molar-refractivity contribution in [3.8, 4) is 5.75 Å². The molecule has 0 unspecified atom stereocenters. The molecule has 0 atom stereocenters. The highest BCUT2D eigenvalue weighted by Crippen LogP contribution is 2.27. The molecule has 0 saturated heterocycles. The van der Waals surface area contributed by atoms with Crippen molar-refractivity contribution in [2.45, 2.75) is 6.61 Å². The van der Waals surface area contributed by atoms with Gasteiger partial charge in [0.05, 0.1) is 17.1 Å². The van der Waals surface area contributed by atoms with Crippen LogP contribution in [-0.2, 0) is 11.3 Å². The van der Waals surface area contributed by atoms with E-state index in [1.54, 1.807) is 18.2 Å². The third-order valence-electron chi connectivity index (χ3n) is 2.85. The molecular weight excluding hydrogens is 341 g/mol. The number of methoxy groups -OCH3 is 1. The predicted octanol–water partition coefficient (Wildman–Crippen LogP) is 3.54. The third-order valence-corrected chi connectivity index (χ3v) is 3.47. The van der Waals surface area contributed by atoms with Crippen molar-refractivity contribution < 1.29 is 18.7 Å². The lowest BCUT2D eigenvalue weighted by atomic mass is 10.1. The van der Waals surface area contributed by atoms with Gasteiger partial charge in [-0.25, -0.2) is 9.18 Å². The van der Waals surface area contributed by atoms with Gasteiger partial charge in [0.15, 0.2) is 0 Å². The SMILES string of the molecule is COC(=O)c1c(N)cccc1COc1ccc(F)cc1Br. The number of rotatable bonds is 4. The Morgan fingerprint density at radius 1 is 1.33 bits per heavy atom. The maximum absolute atomic E-state index is 13.0. The first-order chi connectivity index (χ1) is 10.0. The average molecular weight is 354 g/mol. The first kappa shape index (κ1) is 15.3. The van der Waals surface area contributed by atoms with E-state index >= 15 is 0 Å². The lowest BCUT2D eigenvalue weighted by Gasteiger charge is -2.12. The number of esters is 1. The Bertz CT molecular complexity index is 676. The highest BCUT2D eigenvalue weighted by atomic mass is 79.9. The zero-order valence-electron chi connectivity index (χ0n) is 11.2. The first-order valence-electron chi connectivity index (χ1n) is 6.06. The van der Waals surface area contributed by atoms with E-state index in [9.17, 15) is 9.18 Å². The van der Waals surface area contributed by atoms with Gasteiger partial charge < -0.3 is 15.2 Å². The quantitative estimate of drug-likeness (QED) is 0.674. The van der Waals surface area contributed by atoms with E-state index in [0.29, 0.717) is 21.5 Å². The highest BCUT2D eigenvalue weighted by Gasteiger charge is 2.16. The molecule has 0 aromatic heterocycles. The normalized spacial score (nSPS) is 10.2. The fourth-order valence-corrected chi connectivity index (χ4v) is 2.30. The number of nitrogens with two attached hydrogens (primary N) is 1. The van der Waals surface area contributed by atoms with Crippen LogP contribution in [0, 0.1) is 5.82 Å². The molecule has 0 radical (unpaired) electrons. The molecule has 21 heavy (non-hydrogen) atoms. The molecule has 6 heteroatoms. The van der Waals surface area contributed by atoms with Crippen LogP contribution in [0.2, 0.25) is 0 Å². The number of anilines is 1. The molecule has 0 aliphatic heterocycles. The molecule has 0 aliphatic carbocycles. The minimum absolute atomic E-state index is 0.111. The van der Waals surface area contributed by atoms with Gasteiger partial charge in [-0.1, -0.05) is 12.1 Å². The van der Waals surface area contributed by atoms with Crippen molar-refractivity contribution in [2.75, 3.05) is 12.8 Å². The molecule has 2 aromatic rings.